The minimum atomic E-state index is -0.569. The molecule has 0 saturated heterocycles. The molecule has 0 saturated carbocycles. The van der Waals surface area contributed by atoms with Crippen molar-refractivity contribution in [3.05, 3.63) is 63.6 Å². The van der Waals surface area contributed by atoms with Crippen molar-refractivity contribution in [1.82, 2.24) is 25.7 Å². The van der Waals surface area contributed by atoms with Crippen LogP contribution in [0.5, 0.6) is 0 Å². The van der Waals surface area contributed by atoms with Crippen LogP contribution >= 0.6 is 23.2 Å². The fourth-order valence-electron chi connectivity index (χ4n) is 2.08. The Bertz CT molecular complexity index is 880. The molecule has 9 heteroatoms. The second-order valence-corrected chi connectivity index (χ2v) is 5.75. The highest BCUT2D eigenvalue weighted by Crippen LogP contribution is 2.27. The molecule has 122 valence electrons. The molecule has 0 radical (unpaired) electrons. The molecule has 1 aromatic heterocycles. The molecule has 0 aliphatic rings. The van der Waals surface area contributed by atoms with E-state index in [9.17, 15) is 4.79 Å². The highest BCUT2D eigenvalue weighted by Gasteiger charge is 2.11. The molecule has 3 rings (SSSR count). The lowest BCUT2D eigenvalue weighted by molar-refractivity contribution is 0.0706. The minimum Gasteiger partial charge on any atom is -0.288 e. The van der Waals surface area contributed by atoms with Gasteiger partial charge < -0.3 is 0 Å². The second kappa shape index (κ2) is 6.96. The van der Waals surface area contributed by atoms with Gasteiger partial charge in [-0.05, 0) is 41.1 Å². The van der Waals surface area contributed by atoms with E-state index in [0.717, 1.165) is 5.56 Å². The van der Waals surface area contributed by atoms with E-state index in [1.165, 1.54) is 4.80 Å². The largest absolute Gasteiger partial charge is 0.288 e. The SMILES string of the molecule is O=C(NO)c1ccc(Cn2nnc(-c3ccc(Cl)cc3Cl)n2)cc1. The molecule has 2 N–H and O–H groups in total. The maximum atomic E-state index is 11.3. The Morgan fingerprint density at radius 1 is 1.17 bits per heavy atom. The Morgan fingerprint density at radius 2 is 1.92 bits per heavy atom. The fourth-order valence-corrected chi connectivity index (χ4v) is 2.57. The predicted molar refractivity (Wildman–Crippen MR) is 88.1 cm³/mol. The molecule has 0 atom stereocenters. The average Bonchev–Trinajstić information content (AvgIpc) is 3.03. The molecule has 24 heavy (non-hydrogen) atoms. The van der Waals surface area contributed by atoms with Crippen LogP contribution in [0.3, 0.4) is 0 Å². The van der Waals surface area contributed by atoms with Gasteiger partial charge in [-0.1, -0.05) is 35.3 Å². The third-order valence-electron chi connectivity index (χ3n) is 3.27. The summed E-state index contributed by atoms with van der Waals surface area (Å²) in [5.74, 6) is -0.173. The Labute approximate surface area is 146 Å². The minimum absolute atomic E-state index is 0.349. The summed E-state index contributed by atoms with van der Waals surface area (Å²) in [5.41, 5.74) is 3.44. The summed E-state index contributed by atoms with van der Waals surface area (Å²) in [5, 5.41) is 21.8. The lowest BCUT2D eigenvalue weighted by Gasteiger charge is -2.02. The van der Waals surface area contributed by atoms with Gasteiger partial charge in [0.2, 0.25) is 5.82 Å². The lowest BCUT2D eigenvalue weighted by Crippen LogP contribution is -2.18. The van der Waals surface area contributed by atoms with Crippen LogP contribution in [0.4, 0.5) is 0 Å². The molecule has 1 amide bonds. The van der Waals surface area contributed by atoms with Gasteiger partial charge in [0.05, 0.1) is 11.6 Å². The third-order valence-corrected chi connectivity index (χ3v) is 3.81. The Hall–Kier alpha value is -2.48. The fraction of sp³-hybridized carbons (Fsp3) is 0.0667. The second-order valence-electron chi connectivity index (χ2n) is 4.91. The van der Waals surface area contributed by atoms with Gasteiger partial charge in [0, 0.05) is 16.1 Å². The molecular weight excluding hydrogens is 353 g/mol. The van der Waals surface area contributed by atoms with E-state index in [0.29, 0.717) is 33.5 Å². The first-order valence-corrected chi connectivity index (χ1v) is 7.59. The van der Waals surface area contributed by atoms with E-state index in [4.69, 9.17) is 28.4 Å². The first-order chi connectivity index (χ1) is 11.6. The molecule has 0 aliphatic heterocycles. The van der Waals surface area contributed by atoms with Gasteiger partial charge in [0.1, 0.15) is 0 Å². The number of hydrogen-bond donors (Lipinski definition) is 2. The van der Waals surface area contributed by atoms with Crippen LogP contribution in [0, 0.1) is 0 Å². The molecule has 0 fully saturated rings. The van der Waals surface area contributed by atoms with E-state index in [-0.39, 0.29) is 0 Å². The number of aromatic nitrogens is 4. The van der Waals surface area contributed by atoms with Gasteiger partial charge in [-0.25, -0.2) is 5.48 Å². The Balaban J connectivity index is 1.77. The van der Waals surface area contributed by atoms with Crippen molar-refractivity contribution in [2.75, 3.05) is 0 Å². The lowest BCUT2D eigenvalue weighted by atomic mass is 10.1. The smallest absolute Gasteiger partial charge is 0.274 e. The van der Waals surface area contributed by atoms with Gasteiger partial charge in [-0.15, -0.1) is 10.2 Å². The quantitative estimate of drug-likeness (QED) is 0.549. The Morgan fingerprint density at radius 3 is 2.58 bits per heavy atom. The first-order valence-electron chi connectivity index (χ1n) is 6.83. The van der Waals surface area contributed by atoms with E-state index < -0.39 is 5.91 Å². The number of nitrogens with one attached hydrogen (secondary N) is 1. The van der Waals surface area contributed by atoms with Crippen molar-refractivity contribution in [3.63, 3.8) is 0 Å². The van der Waals surface area contributed by atoms with Crippen molar-refractivity contribution < 1.29 is 10.0 Å². The number of carbonyl (C=O) groups is 1. The third kappa shape index (κ3) is 3.53. The number of rotatable bonds is 4. The van der Waals surface area contributed by atoms with Gasteiger partial charge in [0.15, 0.2) is 0 Å². The number of hydrogen-bond acceptors (Lipinski definition) is 5. The van der Waals surface area contributed by atoms with Crippen molar-refractivity contribution in [2.24, 2.45) is 0 Å². The van der Waals surface area contributed by atoms with Crippen LogP contribution in [-0.4, -0.2) is 31.3 Å². The molecule has 0 spiro atoms. The van der Waals surface area contributed by atoms with E-state index in [1.807, 2.05) is 0 Å². The normalized spacial score (nSPS) is 10.6. The zero-order valence-corrected chi connectivity index (χ0v) is 13.7. The molecule has 1 heterocycles. The summed E-state index contributed by atoms with van der Waals surface area (Å²) in [7, 11) is 0. The predicted octanol–water partition coefficient (Wildman–Crippen LogP) is 2.81. The molecule has 0 aliphatic carbocycles. The van der Waals surface area contributed by atoms with Crippen LogP contribution in [-0.2, 0) is 6.54 Å². The van der Waals surface area contributed by atoms with Crippen LogP contribution in [0.25, 0.3) is 11.4 Å². The number of tetrazole rings is 1. The maximum absolute atomic E-state index is 11.3. The Kier molecular flexibility index (Phi) is 4.75. The molecule has 0 unspecified atom stereocenters. The number of nitrogens with zero attached hydrogens (tertiary/aromatic N) is 4. The molecule has 0 bridgehead atoms. The number of amides is 1. The first kappa shape index (κ1) is 16.4. The highest BCUT2D eigenvalue weighted by atomic mass is 35.5. The molecule has 2 aromatic carbocycles. The van der Waals surface area contributed by atoms with Gasteiger partial charge in [-0.3, -0.25) is 10.0 Å². The summed E-state index contributed by atoms with van der Waals surface area (Å²) < 4.78 is 0. The zero-order valence-electron chi connectivity index (χ0n) is 12.1. The summed E-state index contributed by atoms with van der Waals surface area (Å²) in [6.07, 6.45) is 0. The maximum Gasteiger partial charge on any atom is 0.274 e. The van der Waals surface area contributed by atoms with Gasteiger partial charge in [0.25, 0.3) is 5.91 Å². The highest BCUT2D eigenvalue weighted by molar-refractivity contribution is 6.36. The van der Waals surface area contributed by atoms with Gasteiger partial charge in [-0.2, -0.15) is 4.80 Å². The molecular formula is C15H11Cl2N5O2. The summed E-state index contributed by atoms with van der Waals surface area (Å²) in [6, 6.07) is 11.7. The number of halogens is 2. The summed E-state index contributed by atoms with van der Waals surface area (Å²) >= 11 is 12.0. The summed E-state index contributed by atoms with van der Waals surface area (Å²) in [4.78, 5) is 12.7. The van der Waals surface area contributed by atoms with Crippen LogP contribution < -0.4 is 5.48 Å². The molecule has 7 nitrogen and oxygen atoms in total. The zero-order chi connectivity index (χ0) is 17.1. The monoisotopic (exact) mass is 363 g/mol. The van der Waals surface area contributed by atoms with E-state index in [1.54, 1.807) is 47.9 Å². The van der Waals surface area contributed by atoms with Crippen LogP contribution in [0.15, 0.2) is 42.5 Å². The molecule has 3 aromatic rings. The average molecular weight is 364 g/mol. The van der Waals surface area contributed by atoms with Crippen LogP contribution in [0.2, 0.25) is 10.0 Å². The van der Waals surface area contributed by atoms with Crippen LogP contribution in [0.1, 0.15) is 15.9 Å². The van der Waals surface area contributed by atoms with Crippen molar-refractivity contribution in [1.29, 1.82) is 0 Å². The van der Waals surface area contributed by atoms with E-state index in [2.05, 4.69) is 15.4 Å². The summed E-state index contributed by atoms with van der Waals surface area (Å²) in [6.45, 7) is 0.374. The van der Waals surface area contributed by atoms with Gasteiger partial charge >= 0.3 is 0 Å². The standard InChI is InChI=1S/C15H11Cl2N5O2/c16-11-5-6-12(13(17)7-11)14-18-21-22(19-14)8-9-1-3-10(4-2-9)15(23)20-24/h1-7,24H,8H2,(H,20,23). The van der Waals surface area contributed by atoms with E-state index >= 15 is 0 Å². The number of hydroxylamine groups is 1. The van der Waals surface area contributed by atoms with Crippen molar-refractivity contribution >= 4 is 29.1 Å². The van der Waals surface area contributed by atoms with Crippen molar-refractivity contribution in [3.8, 4) is 11.4 Å². The number of benzene rings is 2. The topological polar surface area (TPSA) is 92.9 Å². The van der Waals surface area contributed by atoms with Crippen molar-refractivity contribution in [2.45, 2.75) is 6.54 Å². The number of carbonyl (C=O) groups excluding carboxylic acids is 1.